The fourth-order valence-corrected chi connectivity index (χ4v) is 2.32. The van der Waals surface area contributed by atoms with Crippen molar-refractivity contribution < 1.29 is 14.7 Å². The van der Waals surface area contributed by atoms with Crippen LogP contribution in [0.2, 0.25) is 5.02 Å². The standard InChI is InChI=1S/C14H17ClN2O3/c1-9(8-18)16-13(19)12-6-7-17(14(12)20)11-4-2-10(15)3-5-11/h2-5,9,12,18H,6-8H2,1H3,(H,16,19). The predicted molar refractivity (Wildman–Crippen MR) is 76.6 cm³/mol. The number of nitrogens with one attached hydrogen (secondary N) is 1. The largest absolute Gasteiger partial charge is 0.394 e. The van der Waals surface area contributed by atoms with Crippen LogP contribution in [0.4, 0.5) is 5.69 Å². The fraction of sp³-hybridized carbons (Fsp3) is 0.429. The normalized spacial score (nSPS) is 20.1. The maximum atomic E-state index is 12.3. The minimum atomic E-state index is -0.681. The summed E-state index contributed by atoms with van der Waals surface area (Å²) < 4.78 is 0. The second kappa shape index (κ2) is 6.24. The molecule has 6 heteroatoms. The van der Waals surface area contributed by atoms with E-state index in [1.807, 2.05) is 0 Å². The molecular weight excluding hydrogens is 280 g/mol. The van der Waals surface area contributed by atoms with Gasteiger partial charge in [0.15, 0.2) is 0 Å². The van der Waals surface area contributed by atoms with Crippen LogP contribution in [0.1, 0.15) is 13.3 Å². The van der Waals surface area contributed by atoms with Gasteiger partial charge in [-0.15, -0.1) is 0 Å². The molecule has 1 aliphatic heterocycles. The molecule has 0 aromatic heterocycles. The Kier molecular flexibility index (Phi) is 4.62. The molecule has 0 aliphatic carbocycles. The highest BCUT2D eigenvalue weighted by Gasteiger charge is 2.37. The molecule has 108 valence electrons. The number of carbonyl (C=O) groups is 2. The van der Waals surface area contributed by atoms with Gasteiger partial charge in [-0.2, -0.15) is 0 Å². The number of rotatable bonds is 4. The van der Waals surface area contributed by atoms with Gasteiger partial charge in [-0.05, 0) is 37.6 Å². The van der Waals surface area contributed by atoms with Crippen LogP contribution in [0.25, 0.3) is 0 Å². The van der Waals surface area contributed by atoms with Gasteiger partial charge in [0.05, 0.1) is 6.61 Å². The molecule has 0 bridgehead atoms. The lowest BCUT2D eigenvalue weighted by Crippen LogP contribution is -2.42. The van der Waals surface area contributed by atoms with Crippen molar-refractivity contribution >= 4 is 29.1 Å². The monoisotopic (exact) mass is 296 g/mol. The van der Waals surface area contributed by atoms with Gasteiger partial charge in [0, 0.05) is 23.3 Å². The molecule has 2 rings (SSSR count). The van der Waals surface area contributed by atoms with E-state index in [-0.39, 0.29) is 24.5 Å². The van der Waals surface area contributed by atoms with Gasteiger partial charge in [0.2, 0.25) is 11.8 Å². The molecule has 2 amide bonds. The number of aliphatic hydroxyl groups is 1. The van der Waals surface area contributed by atoms with E-state index in [9.17, 15) is 9.59 Å². The van der Waals surface area contributed by atoms with Crippen molar-refractivity contribution in [2.45, 2.75) is 19.4 Å². The molecule has 1 aliphatic rings. The Morgan fingerprint density at radius 2 is 2.15 bits per heavy atom. The smallest absolute Gasteiger partial charge is 0.239 e. The van der Waals surface area contributed by atoms with Crippen molar-refractivity contribution in [3.63, 3.8) is 0 Å². The number of amides is 2. The van der Waals surface area contributed by atoms with E-state index in [1.54, 1.807) is 36.1 Å². The molecular formula is C14H17ClN2O3. The summed E-state index contributed by atoms with van der Waals surface area (Å²) in [7, 11) is 0. The first-order chi connectivity index (χ1) is 9.52. The number of halogens is 1. The molecule has 5 nitrogen and oxygen atoms in total. The highest BCUT2D eigenvalue weighted by molar-refractivity contribution is 6.30. The van der Waals surface area contributed by atoms with Gasteiger partial charge < -0.3 is 15.3 Å². The van der Waals surface area contributed by atoms with E-state index < -0.39 is 5.92 Å². The minimum Gasteiger partial charge on any atom is -0.394 e. The van der Waals surface area contributed by atoms with E-state index in [1.165, 1.54) is 0 Å². The first kappa shape index (κ1) is 14.8. The third-order valence-electron chi connectivity index (χ3n) is 3.32. The van der Waals surface area contributed by atoms with Crippen LogP contribution in [-0.4, -0.2) is 36.1 Å². The van der Waals surface area contributed by atoms with E-state index in [0.29, 0.717) is 18.0 Å². The molecule has 1 fully saturated rings. The van der Waals surface area contributed by atoms with Crippen molar-refractivity contribution in [1.29, 1.82) is 0 Å². The van der Waals surface area contributed by atoms with Gasteiger partial charge in [-0.1, -0.05) is 11.6 Å². The second-order valence-corrected chi connectivity index (χ2v) is 5.34. The average Bonchev–Trinajstić information content (AvgIpc) is 2.81. The molecule has 0 saturated carbocycles. The number of carbonyl (C=O) groups excluding carboxylic acids is 2. The summed E-state index contributed by atoms with van der Waals surface area (Å²) in [6.07, 6.45) is 0.478. The summed E-state index contributed by atoms with van der Waals surface area (Å²) in [5.41, 5.74) is 0.741. The number of nitrogens with zero attached hydrogens (tertiary/aromatic N) is 1. The van der Waals surface area contributed by atoms with Gasteiger partial charge in [0.1, 0.15) is 5.92 Å². The predicted octanol–water partition coefficient (Wildman–Crippen LogP) is 1.19. The van der Waals surface area contributed by atoms with Crippen LogP contribution < -0.4 is 10.2 Å². The quantitative estimate of drug-likeness (QED) is 0.820. The Bertz CT molecular complexity index is 504. The van der Waals surface area contributed by atoms with Gasteiger partial charge in [0.25, 0.3) is 0 Å². The van der Waals surface area contributed by atoms with E-state index >= 15 is 0 Å². The summed E-state index contributed by atoms with van der Waals surface area (Å²) in [4.78, 5) is 25.8. The molecule has 1 aromatic rings. The maximum Gasteiger partial charge on any atom is 0.239 e. The molecule has 1 aromatic carbocycles. The number of hydrogen-bond donors (Lipinski definition) is 2. The van der Waals surface area contributed by atoms with Crippen LogP contribution >= 0.6 is 11.6 Å². The zero-order chi connectivity index (χ0) is 14.7. The molecule has 20 heavy (non-hydrogen) atoms. The van der Waals surface area contributed by atoms with Crippen molar-refractivity contribution in [3.05, 3.63) is 29.3 Å². The number of aliphatic hydroxyl groups excluding tert-OH is 1. The lowest BCUT2D eigenvalue weighted by atomic mass is 10.1. The molecule has 0 radical (unpaired) electrons. The molecule has 1 saturated heterocycles. The minimum absolute atomic E-state index is 0.145. The zero-order valence-electron chi connectivity index (χ0n) is 11.2. The summed E-state index contributed by atoms with van der Waals surface area (Å²) in [6, 6.07) is 6.60. The summed E-state index contributed by atoms with van der Waals surface area (Å²) in [5.74, 6) is -1.22. The summed E-state index contributed by atoms with van der Waals surface area (Å²) in [5, 5.41) is 12.2. The molecule has 2 unspecified atom stereocenters. The topological polar surface area (TPSA) is 69.6 Å². The maximum absolute atomic E-state index is 12.3. The van der Waals surface area contributed by atoms with Gasteiger partial charge >= 0.3 is 0 Å². The summed E-state index contributed by atoms with van der Waals surface area (Å²) >= 11 is 5.82. The Labute approximate surface area is 122 Å². The second-order valence-electron chi connectivity index (χ2n) is 4.90. The van der Waals surface area contributed by atoms with Crippen LogP contribution in [0, 0.1) is 5.92 Å². The van der Waals surface area contributed by atoms with Crippen molar-refractivity contribution in [2.75, 3.05) is 18.1 Å². The first-order valence-corrected chi connectivity index (χ1v) is 6.89. The van der Waals surface area contributed by atoms with E-state index in [0.717, 1.165) is 5.69 Å². The number of anilines is 1. The first-order valence-electron chi connectivity index (χ1n) is 6.51. The van der Waals surface area contributed by atoms with Crippen molar-refractivity contribution in [3.8, 4) is 0 Å². The van der Waals surface area contributed by atoms with Crippen LogP contribution in [-0.2, 0) is 9.59 Å². The summed E-state index contributed by atoms with van der Waals surface area (Å²) in [6.45, 7) is 2.05. The van der Waals surface area contributed by atoms with Crippen LogP contribution in [0.15, 0.2) is 24.3 Å². The Hall–Kier alpha value is -1.59. The third-order valence-corrected chi connectivity index (χ3v) is 3.57. The van der Waals surface area contributed by atoms with Crippen molar-refractivity contribution in [1.82, 2.24) is 5.32 Å². The highest BCUT2D eigenvalue weighted by atomic mass is 35.5. The van der Waals surface area contributed by atoms with E-state index in [2.05, 4.69) is 5.32 Å². The lowest BCUT2D eigenvalue weighted by Gasteiger charge is -2.17. The molecule has 0 spiro atoms. The van der Waals surface area contributed by atoms with Gasteiger partial charge in [-0.25, -0.2) is 0 Å². The Morgan fingerprint density at radius 1 is 1.50 bits per heavy atom. The number of benzene rings is 1. The Morgan fingerprint density at radius 3 is 2.75 bits per heavy atom. The molecule has 2 atom stereocenters. The molecule has 2 N–H and O–H groups in total. The van der Waals surface area contributed by atoms with Crippen LogP contribution in [0.5, 0.6) is 0 Å². The SMILES string of the molecule is CC(CO)NC(=O)C1CCN(c2ccc(Cl)cc2)C1=O. The van der Waals surface area contributed by atoms with Gasteiger partial charge in [-0.3, -0.25) is 9.59 Å². The third kappa shape index (κ3) is 3.11. The van der Waals surface area contributed by atoms with Crippen LogP contribution in [0.3, 0.4) is 0 Å². The van der Waals surface area contributed by atoms with E-state index in [4.69, 9.17) is 16.7 Å². The molecule has 1 heterocycles. The number of hydrogen-bond acceptors (Lipinski definition) is 3. The fourth-order valence-electron chi connectivity index (χ4n) is 2.19. The zero-order valence-corrected chi connectivity index (χ0v) is 11.9. The highest BCUT2D eigenvalue weighted by Crippen LogP contribution is 2.26. The van der Waals surface area contributed by atoms with Crippen molar-refractivity contribution in [2.24, 2.45) is 5.92 Å². The Balaban J connectivity index is 2.05. The average molecular weight is 297 g/mol. The lowest BCUT2D eigenvalue weighted by molar-refractivity contribution is -0.132.